The molecule has 0 saturated heterocycles. The number of methoxy groups -OCH3 is 2. The summed E-state index contributed by atoms with van der Waals surface area (Å²) in [6.07, 6.45) is 1.30. The Hall–Kier alpha value is -3.05. The lowest BCUT2D eigenvalue weighted by Crippen LogP contribution is -2.50. The number of rotatable bonds is 21. The third kappa shape index (κ3) is 15.0. The number of nitrogens with one attached hydrogen (secondary N) is 2. The predicted molar refractivity (Wildman–Crippen MR) is 180 cm³/mol. The molecule has 5 N–H and O–H groups in total. The molecule has 0 aliphatic carbocycles. The number of ether oxygens (including phenoxy) is 4. The van der Waals surface area contributed by atoms with Crippen LogP contribution in [0.15, 0.2) is 18.2 Å². The molecule has 5 atom stereocenters. The fourth-order valence-corrected chi connectivity index (χ4v) is 5.30. The zero-order chi connectivity index (χ0) is 35.0. The first-order chi connectivity index (χ1) is 21.5. The number of benzene rings is 1. The van der Waals surface area contributed by atoms with Crippen molar-refractivity contribution in [2.75, 3.05) is 27.4 Å². The maximum atomic E-state index is 13.3. The molecule has 0 heterocycles. The van der Waals surface area contributed by atoms with Crippen LogP contribution in [-0.2, 0) is 25.5 Å². The highest BCUT2D eigenvalue weighted by molar-refractivity contribution is 5.87. The first-order valence-electron chi connectivity index (χ1n) is 16.6. The van der Waals surface area contributed by atoms with Crippen LogP contribution in [-0.4, -0.2) is 74.2 Å². The number of primary amides is 1. The molecule has 0 saturated carbocycles. The minimum atomic E-state index is -1.07. The van der Waals surface area contributed by atoms with E-state index in [1.807, 2.05) is 39.0 Å². The van der Waals surface area contributed by atoms with Crippen LogP contribution in [0, 0.1) is 23.7 Å². The Morgan fingerprint density at radius 3 is 2.15 bits per heavy atom. The molecular weight excluding hydrogens is 590 g/mol. The second-order valence-corrected chi connectivity index (χ2v) is 13.8. The molecule has 0 unspecified atom stereocenters. The van der Waals surface area contributed by atoms with Crippen molar-refractivity contribution in [3.63, 3.8) is 0 Å². The van der Waals surface area contributed by atoms with E-state index in [2.05, 4.69) is 24.5 Å². The van der Waals surface area contributed by atoms with Crippen molar-refractivity contribution >= 4 is 17.9 Å². The van der Waals surface area contributed by atoms with Crippen molar-refractivity contribution in [2.24, 2.45) is 29.4 Å². The molecule has 46 heavy (non-hydrogen) atoms. The zero-order valence-corrected chi connectivity index (χ0v) is 29.8. The molecule has 1 aromatic carbocycles. The molecule has 0 aliphatic heterocycles. The van der Waals surface area contributed by atoms with Crippen LogP contribution in [0.4, 0.5) is 4.79 Å². The highest BCUT2D eigenvalue weighted by atomic mass is 16.6. The Kier molecular flexibility index (Phi) is 18.0. The summed E-state index contributed by atoms with van der Waals surface area (Å²) in [5.74, 6) is -0.188. The zero-order valence-electron chi connectivity index (χ0n) is 29.8. The Bertz CT molecular complexity index is 1070. The number of aliphatic hydroxyl groups excluding tert-OH is 1. The molecule has 264 valence electrons. The molecule has 1 rings (SSSR count). The standard InChI is InChI=1S/C35H61N3O8/c1-11-13-27(32(36)40)37-33(41)26(23(4)5)21-29(39)28(38-34(42)46-35(6,7)8)20-25(22(2)3)18-24-14-15-30(44-10)31(19-24)45-17-12-16-43-9/h14-15,19,22-23,25-29,39H,11-13,16-18,20-21H2,1-10H3,(H2,36,40)(H,37,41)(H,38,42)/t25-,26-,27-,28-,29-/m0/s1. The Labute approximate surface area is 276 Å². The lowest BCUT2D eigenvalue weighted by Gasteiger charge is -2.33. The van der Waals surface area contributed by atoms with Gasteiger partial charge in [-0.25, -0.2) is 4.79 Å². The second kappa shape index (κ2) is 20.2. The van der Waals surface area contributed by atoms with Gasteiger partial charge in [0, 0.05) is 26.1 Å². The maximum Gasteiger partial charge on any atom is 0.407 e. The van der Waals surface area contributed by atoms with E-state index in [-0.39, 0.29) is 30.1 Å². The van der Waals surface area contributed by atoms with Gasteiger partial charge in [0.2, 0.25) is 11.8 Å². The molecule has 0 radical (unpaired) electrons. The summed E-state index contributed by atoms with van der Waals surface area (Å²) in [5, 5.41) is 17.3. The number of nitrogens with two attached hydrogens (primary N) is 1. The van der Waals surface area contributed by atoms with E-state index in [0.29, 0.717) is 50.4 Å². The van der Waals surface area contributed by atoms with Crippen LogP contribution < -0.4 is 25.8 Å². The SMILES string of the molecule is CCC[C@H](NC(=O)[C@@H](C[C@H](O)[C@H](C[C@H](Cc1ccc(OC)c(OCCCOC)c1)C(C)C)NC(=O)OC(C)(C)C)C(C)C)C(N)=O. The summed E-state index contributed by atoms with van der Waals surface area (Å²) in [6, 6.07) is 4.36. The fraction of sp³-hybridized carbons (Fsp3) is 0.743. The number of carbonyl (C=O) groups excluding carboxylic acids is 3. The lowest BCUT2D eigenvalue weighted by molar-refractivity contribution is -0.132. The monoisotopic (exact) mass is 651 g/mol. The number of amides is 3. The summed E-state index contributed by atoms with van der Waals surface area (Å²) < 4.78 is 22.2. The summed E-state index contributed by atoms with van der Waals surface area (Å²) in [7, 11) is 3.25. The highest BCUT2D eigenvalue weighted by Crippen LogP contribution is 2.32. The van der Waals surface area contributed by atoms with E-state index in [1.165, 1.54) is 0 Å². The molecule has 0 spiro atoms. The van der Waals surface area contributed by atoms with Gasteiger partial charge in [0.05, 0.1) is 25.9 Å². The highest BCUT2D eigenvalue weighted by Gasteiger charge is 2.34. The number of hydrogen-bond donors (Lipinski definition) is 4. The smallest absolute Gasteiger partial charge is 0.407 e. The van der Waals surface area contributed by atoms with E-state index in [0.717, 1.165) is 12.0 Å². The van der Waals surface area contributed by atoms with E-state index < -0.39 is 41.7 Å². The van der Waals surface area contributed by atoms with E-state index >= 15 is 0 Å². The van der Waals surface area contributed by atoms with Crippen LogP contribution >= 0.6 is 0 Å². The third-order valence-electron chi connectivity index (χ3n) is 8.02. The van der Waals surface area contributed by atoms with Crippen molar-refractivity contribution < 1.29 is 38.4 Å². The van der Waals surface area contributed by atoms with E-state index in [9.17, 15) is 19.5 Å². The van der Waals surface area contributed by atoms with Crippen LogP contribution in [0.3, 0.4) is 0 Å². The average molecular weight is 652 g/mol. The van der Waals surface area contributed by atoms with Gasteiger partial charge in [0.25, 0.3) is 0 Å². The third-order valence-corrected chi connectivity index (χ3v) is 8.02. The Balaban J connectivity index is 3.29. The number of aliphatic hydroxyl groups is 1. The normalized spacial score (nSPS) is 15.1. The summed E-state index contributed by atoms with van der Waals surface area (Å²) >= 11 is 0. The number of alkyl carbamates (subject to hydrolysis) is 1. The quantitative estimate of drug-likeness (QED) is 0.135. The summed E-state index contributed by atoms with van der Waals surface area (Å²) in [5.41, 5.74) is 5.82. The first kappa shape index (κ1) is 41.0. The van der Waals surface area contributed by atoms with Gasteiger partial charge < -0.3 is 40.4 Å². The molecule has 0 aliphatic rings. The van der Waals surface area contributed by atoms with Crippen molar-refractivity contribution in [1.82, 2.24) is 10.6 Å². The molecule has 1 aromatic rings. The van der Waals surface area contributed by atoms with Crippen LogP contribution in [0.2, 0.25) is 0 Å². The van der Waals surface area contributed by atoms with Gasteiger partial charge in [0.15, 0.2) is 11.5 Å². The van der Waals surface area contributed by atoms with Crippen molar-refractivity contribution in [3.8, 4) is 11.5 Å². The molecule has 3 amide bonds. The molecule has 0 aromatic heterocycles. The first-order valence-corrected chi connectivity index (χ1v) is 16.6. The summed E-state index contributed by atoms with van der Waals surface area (Å²) in [4.78, 5) is 38.2. The largest absolute Gasteiger partial charge is 0.493 e. The van der Waals surface area contributed by atoms with Crippen LogP contribution in [0.25, 0.3) is 0 Å². The predicted octanol–water partition coefficient (Wildman–Crippen LogP) is 5.00. The second-order valence-electron chi connectivity index (χ2n) is 13.8. The average Bonchev–Trinajstić information content (AvgIpc) is 2.95. The van der Waals surface area contributed by atoms with Gasteiger partial charge in [-0.2, -0.15) is 0 Å². The Morgan fingerprint density at radius 1 is 0.957 bits per heavy atom. The fourth-order valence-electron chi connectivity index (χ4n) is 5.30. The van der Waals surface area contributed by atoms with Crippen molar-refractivity contribution in [2.45, 2.75) is 118 Å². The van der Waals surface area contributed by atoms with Gasteiger partial charge in [-0.05, 0) is 81.9 Å². The molecular formula is C35H61N3O8. The Morgan fingerprint density at radius 2 is 1.63 bits per heavy atom. The topological polar surface area (TPSA) is 158 Å². The van der Waals surface area contributed by atoms with Crippen LogP contribution in [0.1, 0.15) is 93.1 Å². The molecule has 11 nitrogen and oxygen atoms in total. The van der Waals surface area contributed by atoms with Gasteiger partial charge in [-0.3, -0.25) is 9.59 Å². The van der Waals surface area contributed by atoms with Gasteiger partial charge in [0.1, 0.15) is 11.6 Å². The summed E-state index contributed by atoms with van der Waals surface area (Å²) in [6.45, 7) is 16.3. The van der Waals surface area contributed by atoms with E-state index in [1.54, 1.807) is 35.0 Å². The van der Waals surface area contributed by atoms with Crippen molar-refractivity contribution in [3.05, 3.63) is 23.8 Å². The van der Waals surface area contributed by atoms with Gasteiger partial charge in [-0.15, -0.1) is 0 Å². The van der Waals surface area contributed by atoms with Crippen molar-refractivity contribution in [1.29, 1.82) is 0 Å². The van der Waals surface area contributed by atoms with E-state index in [4.69, 9.17) is 24.7 Å². The number of carbonyl (C=O) groups is 3. The van der Waals surface area contributed by atoms with Gasteiger partial charge in [-0.1, -0.05) is 47.1 Å². The maximum absolute atomic E-state index is 13.3. The molecule has 11 heteroatoms. The van der Waals surface area contributed by atoms with Gasteiger partial charge >= 0.3 is 6.09 Å². The number of hydrogen-bond acceptors (Lipinski definition) is 8. The molecule has 0 fully saturated rings. The minimum absolute atomic E-state index is 0.0412. The van der Waals surface area contributed by atoms with Crippen LogP contribution in [0.5, 0.6) is 11.5 Å². The molecule has 0 bridgehead atoms. The lowest BCUT2D eigenvalue weighted by atomic mass is 9.80. The minimum Gasteiger partial charge on any atom is -0.493 e.